The summed E-state index contributed by atoms with van der Waals surface area (Å²) in [6.07, 6.45) is 0.0410. The molecule has 1 saturated heterocycles. The minimum atomic E-state index is -0.0436. The first-order valence-corrected chi connectivity index (χ1v) is 7.50. The number of hydrogen-bond acceptors (Lipinski definition) is 5. The van der Waals surface area contributed by atoms with Crippen molar-refractivity contribution in [3.8, 4) is 17.2 Å². The Morgan fingerprint density at radius 1 is 1.27 bits per heavy atom. The summed E-state index contributed by atoms with van der Waals surface area (Å²) in [6.45, 7) is 6.04. The third kappa shape index (κ3) is 2.70. The van der Waals surface area contributed by atoms with Gasteiger partial charge < -0.3 is 23.8 Å². The van der Waals surface area contributed by atoms with Gasteiger partial charge in [0.05, 0.1) is 25.9 Å². The highest BCUT2D eigenvalue weighted by atomic mass is 16.6. The lowest BCUT2D eigenvalue weighted by molar-refractivity contribution is -0.0387. The van der Waals surface area contributed by atoms with E-state index >= 15 is 0 Å². The van der Waals surface area contributed by atoms with Crippen LogP contribution in [0.4, 0.5) is 0 Å². The lowest BCUT2D eigenvalue weighted by Gasteiger charge is -2.37. The molecule has 6 heteroatoms. The molecule has 2 unspecified atom stereocenters. The van der Waals surface area contributed by atoms with Gasteiger partial charge >= 0.3 is 0 Å². The van der Waals surface area contributed by atoms with Gasteiger partial charge in [-0.05, 0) is 26.0 Å². The number of amides is 1. The van der Waals surface area contributed by atoms with Crippen LogP contribution in [0.5, 0.6) is 17.2 Å². The Balaban J connectivity index is 1.92. The van der Waals surface area contributed by atoms with E-state index in [2.05, 4.69) is 0 Å². The summed E-state index contributed by atoms with van der Waals surface area (Å²) in [5, 5.41) is 0. The van der Waals surface area contributed by atoms with Gasteiger partial charge in [0.1, 0.15) is 13.2 Å². The SMILES string of the molecule is COc1cc(C(=O)N2CC(C)OCC2C)cc2c1OCCO2. The minimum absolute atomic E-state index is 0.0410. The lowest BCUT2D eigenvalue weighted by Crippen LogP contribution is -2.50. The Bertz CT molecular complexity index is 557. The van der Waals surface area contributed by atoms with Gasteiger partial charge in [-0.2, -0.15) is 0 Å². The molecule has 0 N–H and O–H groups in total. The average molecular weight is 307 g/mol. The van der Waals surface area contributed by atoms with Crippen LogP contribution in [0.2, 0.25) is 0 Å². The first-order valence-electron chi connectivity index (χ1n) is 7.50. The highest BCUT2D eigenvalue weighted by Crippen LogP contribution is 2.40. The molecule has 2 aliphatic rings. The normalized spacial score (nSPS) is 24.0. The van der Waals surface area contributed by atoms with Crippen molar-refractivity contribution in [1.82, 2.24) is 4.90 Å². The summed E-state index contributed by atoms with van der Waals surface area (Å²) >= 11 is 0. The zero-order valence-corrected chi connectivity index (χ0v) is 13.1. The quantitative estimate of drug-likeness (QED) is 0.832. The van der Waals surface area contributed by atoms with Crippen LogP contribution in [-0.4, -0.2) is 56.4 Å². The van der Waals surface area contributed by atoms with Crippen LogP contribution in [0.1, 0.15) is 24.2 Å². The summed E-state index contributed by atoms with van der Waals surface area (Å²) in [5.41, 5.74) is 0.544. The number of nitrogens with zero attached hydrogens (tertiary/aromatic N) is 1. The Kier molecular flexibility index (Phi) is 4.11. The molecule has 2 atom stereocenters. The fourth-order valence-corrected chi connectivity index (χ4v) is 2.75. The van der Waals surface area contributed by atoms with Crippen LogP contribution >= 0.6 is 0 Å². The molecule has 6 nitrogen and oxygen atoms in total. The van der Waals surface area contributed by atoms with Crippen molar-refractivity contribution in [3.63, 3.8) is 0 Å². The molecule has 0 aromatic heterocycles. The van der Waals surface area contributed by atoms with E-state index in [1.807, 2.05) is 18.7 Å². The summed E-state index contributed by atoms with van der Waals surface area (Å²) in [6, 6.07) is 3.48. The summed E-state index contributed by atoms with van der Waals surface area (Å²) in [7, 11) is 1.56. The number of carbonyl (C=O) groups is 1. The number of rotatable bonds is 2. The van der Waals surface area contributed by atoms with Gasteiger partial charge in [0, 0.05) is 12.1 Å². The van der Waals surface area contributed by atoms with Crippen LogP contribution in [-0.2, 0) is 4.74 Å². The molecule has 1 aromatic rings. The van der Waals surface area contributed by atoms with Crippen molar-refractivity contribution in [2.45, 2.75) is 26.0 Å². The summed E-state index contributed by atoms with van der Waals surface area (Å²) in [4.78, 5) is 14.7. The highest BCUT2D eigenvalue weighted by molar-refractivity contribution is 5.96. The van der Waals surface area contributed by atoms with E-state index in [4.69, 9.17) is 18.9 Å². The number of ether oxygens (including phenoxy) is 4. The largest absolute Gasteiger partial charge is 0.493 e. The van der Waals surface area contributed by atoms with Crippen molar-refractivity contribution in [3.05, 3.63) is 17.7 Å². The van der Waals surface area contributed by atoms with E-state index in [-0.39, 0.29) is 18.1 Å². The number of carbonyl (C=O) groups excluding carboxylic acids is 1. The predicted octanol–water partition coefficient (Wildman–Crippen LogP) is 1.72. The molecule has 0 saturated carbocycles. The second-order valence-corrected chi connectivity index (χ2v) is 5.65. The highest BCUT2D eigenvalue weighted by Gasteiger charge is 2.30. The number of methoxy groups -OCH3 is 1. The fraction of sp³-hybridized carbons (Fsp3) is 0.562. The van der Waals surface area contributed by atoms with E-state index in [0.717, 1.165) is 0 Å². The summed E-state index contributed by atoms with van der Waals surface area (Å²) < 4.78 is 22.1. The maximum absolute atomic E-state index is 12.8. The third-order valence-corrected chi connectivity index (χ3v) is 3.94. The molecule has 3 rings (SSSR count). The molecule has 1 aromatic carbocycles. The zero-order valence-electron chi connectivity index (χ0n) is 13.1. The lowest BCUT2D eigenvalue weighted by atomic mass is 10.1. The van der Waals surface area contributed by atoms with Crippen molar-refractivity contribution in [2.75, 3.05) is 33.5 Å². The van der Waals surface area contributed by atoms with Crippen LogP contribution in [0, 0.1) is 0 Å². The maximum Gasteiger partial charge on any atom is 0.254 e. The van der Waals surface area contributed by atoms with E-state index in [1.54, 1.807) is 19.2 Å². The zero-order chi connectivity index (χ0) is 15.7. The Hall–Kier alpha value is -1.95. The van der Waals surface area contributed by atoms with Crippen molar-refractivity contribution in [2.24, 2.45) is 0 Å². The van der Waals surface area contributed by atoms with Gasteiger partial charge in [0.25, 0.3) is 5.91 Å². The minimum Gasteiger partial charge on any atom is -0.493 e. The predicted molar refractivity (Wildman–Crippen MR) is 79.9 cm³/mol. The molecule has 22 heavy (non-hydrogen) atoms. The topological polar surface area (TPSA) is 57.2 Å². The molecule has 2 heterocycles. The smallest absolute Gasteiger partial charge is 0.254 e. The van der Waals surface area contributed by atoms with Gasteiger partial charge in [0.15, 0.2) is 11.5 Å². The van der Waals surface area contributed by atoms with E-state index in [0.29, 0.717) is 49.2 Å². The fourth-order valence-electron chi connectivity index (χ4n) is 2.75. The molecule has 0 aliphatic carbocycles. The molecule has 2 aliphatic heterocycles. The van der Waals surface area contributed by atoms with Crippen LogP contribution < -0.4 is 14.2 Å². The van der Waals surface area contributed by atoms with Gasteiger partial charge in [-0.3, -0.25) is 4.79 Å². The van der Waals surface area contributed by atoms with E-state index in [9.17, 15) is 4.79 Å². The molecule has 0 bridgehead atoms. The molecule has 0 spiro atoms. The van der Waals surface area contributed by atoms with E-state index in [1.165, 1.54) is 0 Å². The van der Waals surface area contributed by atoms with Gasteiger partial charge in [-0.1, -0.05) is 0 Å². The molecule has 120 valence electrons. The molecule has 1 fully saturated rings. The second kappa shape index (κ2) is 6.04. The number of hydrogen-bond donors (Lipinski definition) is 0. The maximum atomic E-state index is 12.8. The Labute approximate surface area is 129 Å². The van der Waals surface area contributed by atoms with Gasteiger partial charge in [0.2, 0.25) is 5.75 Å². The van der Waals surface area contributed by atoms with Crippen molar-refractivity contribution < 1.29 is 23.7 Å². The molecule has 0 radical (unpaired) electrons. The molecular formula is C16H21NO5. The van der Waals surface area contributed by atoms with Crippen LogP contribution in [0.3, 0.4) is 0 Å². The standard InChI is InChI=1S/C16H21NO5/c1-10-9-22-11(2)8-17(10)16(18)12-6-13(19-3)15-14(7-12)20-4-5-21-15/h6-7,10-11H,4-5,8-9H2,1-3H3. The van der Waals surface area contributed by atoms with Crippen molar-refractivity contribution >= 4 is 5.91 Å². The third-order valence-electron chi connectivity index (χ3n) is 3.94. The monoisotopic (exact) mass is 307 g/mol. The van der Waals surface area contributed by atoms with E-state index < -0.39 is 0 Å². The number of fused-ring (bicyclic) bond motifs is 1. The van der Waals surface area contributed by atoms with Gasteiger partial charge in [-0.15, -0.1) is 0 Å². The van der Waals surface area contributed by atoms with Crippen molar-refractivity contribution in [1.29, 1.82) is 0 Å². The number of benzene rings is 1. The Morgan fingerprint density at radius 3 is 2.82 bits per heavy atom. The Morgan fingerprint density at radius 2 is 2.05 bits per heavy atom. The summed E-state index contributed by atoms with van der Waals surface area (Å²) in [5.74, 6) is 1.60. The molecular weight excluding hydrogens is 286 g/mol. The van der Waals surface area contributed by atoms with Crippen LogP contribution in [0.25, 0.3) is 0 Å². The average Bonchev–Trinajstić information content (AvgIpc) is 2.55. The van der Waals surface area contributed by atoms with Crippen LogP contribution in [0.15, 0.2) is 12.1 Å². The first kappa shape index (κ1) is 15.0. The second-order valence-electron chi connectivity index (χ2n) is 5.65. The van der Waals surface area contributed by atoms with Gasteiger partial charge in [-0.25, -0.2) is 0 Å². The number of morpholine rings is 1. The molecule has 1 amide bonds. The first-order chi connectivity index (χ1) is 10.6.